The Morgan fingerprint density at radius 1 is 1.39 bits per heavy atom. The van der Waals surface area contributed by atoms with E-state index in [1.165, 1.54) is 11.1 Å². The van der Waals surface area contributed by atoms with E-state index in [2.05, 4.69) is 34.7 Å². The Labute approximate surface area is 106 Å². The summed E-state index contributed by atoms with van der Waals surface area (Å²) in [7, 11) is 0. The van der Waals surface area contributed by atoms with Crippen molar-refractivity contribution in [2.24, 2.45) is 0 Å². The summed E-state index contributed by atoms with van der Waals surface area (Å²) in [5.74, 6) is 0. The summed E-state index contributed by atoms with van der Waals surface area (Å²) in [5, 5.41) is 16.6. The third-order valence-electron chi connectivity index (χ3n) is 3.44. The Kier molecular flexibility index (Phi) is 3.02. The van der Waals surface area contributed by atoms with Gasteiger partial charge in [0.15, 0.2) is 0 Å². The number of aryl methyl sites for hydroxylation is 1. The van der Waals surface area contributed by atoms with E-state index in [1.54, 1.807) is 4.68 Å². The van der Waals surface area contributed by atoms with Crippen LogP contribution in [0.1, 0.15) is 23.6 Å². The lowest BCUT2D eigenvalue weighted by Crippen LogP contribution is -2.06. The Morgan fingerprint density at radius 2 is 2.28 bits per heavy atom. The van der Waals surface area contributed by atoms with Gasteiger partial charge in [-0.05, 0) is 24.0 Å². The fraction of sp³-hybridized carbons (Fsp3) is 0.357. The minimum atomic E-state index is 0.118. The Balaban J connectivity index is 1.73. The summed E-state index contributed by atoms with van der Waals surface area (Å²) in [4.78, 5) is 0. The van der Waals surface area contributed by atoms with Crippen molar-refractivity contribution in [1.29, 1.82) is 0 Å². The van der Waals surface area contributed by atoms with Gasteiger partial charge < -0.3 is 10.4 Å². The van der Waals surface area contributed by atoms with Crippen molar-refractivity contribution in [2.75, 3.05) is 11.9 Å². The number of rotatable bonds is 4. The van der Waals surface area contributed by atoms with Gasteiger partial charge in [-0.3, -0.25) is 4.68 Å². The topological polar surface area (TPSA) is 50.1 Å². The average Bonchev–Trinajstić information content (AvgIpc) is 2.99. The molecule has 1 aromatic carbocycles. The molecule has 0 radical (unpaired) electrons. The first kappa shape index (κ1) is 11.3. The molecule has 0 spiro atoms. The summed E-state index contributed by atoms with van der Waals surface area (Å²) < 4.78 is 1.75. The maximum absolute atomic E-state index is 8.86. The molecule has 1 aliphatic rings. The van der Waals surface area contributed by atoms with Crippen LogP contribution in [-0.2, 0) is 13.0 Å². The van der Waals surface area contributed by atoms with Crippen LogP contribution in [0.2, 0.25) is 0 Å². The van der Waals surface area contributed by atoms with E-state index in [-0.39, 0.29) is 6.61 Å². The van der Waals surface area contributed by atoms with E-state index < -0.39 is 0 Å². The molecule has 1 unspecified atom stereocenters. The summed E-state index contributed by atoms with van der Waals surface area (Å²) >= 11 is 0. The molecule has 1 aliphatic carbocycles. The molecule has 0 aliphatic heterocycles. The van der Waals surface area contributed by atoms with Crippen LogP contribution in [0.15, 0.2) is 36.7 Å². The van der Waals surface area contributed by atoms with E-state index in [9.17, 15) is 0 Å². The fourth-order valence-corrected chi connectivity index (χ4v) is 2.57. The van der Waals surface area contributed by atoms with Crippen molar-refractivity contribution in [1.82, 2.24) is 9.78 Å². The molecule has 18 heavy (non-hydrogen) atoms. The van der Waals surface area contributed by atoms with Gasteiger partial charge in [0.25, 0.3) is 0 Å². The smallest absolute Gasteiger partial charge is 0.0731 e. The first-order chi connectivity index (χ1) is 8.86. The molecule has 1 atom stereocenters. The summed E-state index contributed by atoms with van der Waals surface area (Å²) in [6, 6.07) is 8.96. The predicted molar refractivity (Wildman–Crippen MR) is 70.4 cm³/mol. The van der Waals surface area contributed by atoms with Gasteiger partial charge in [0, 0.05) is 6.20 Å². The van der Waals surface area contributed by atoms with Crippen molar-refractivity contribution in [3.05, 3.63) is 47.8 Å². The zero-order valence-electron chi connectivity index (χ0n) is 10.2. The zero-order chi connectivity index (χ0) is 12.4. The number of aliphatic hydroxyl groups is 1. The maximum Gasteiger partial charge on any atom is 0.0731 e. The quantitative estimate of drug-likeness (QED) is 0.863. The third kappa shape index (κ3) is 2.11. The number of nitrogens with one attached hydrogen (secondary N) is 1. The minimum Gasteiger partial charge on any atom is -0.394 e. The first-order valence-corrected chi connectivity index (χ1v) is 6.34. The molecule has 0 saturated heterocycles. The number of nitrogens with zero attached hydrogens (tertiary/aromatic N) is 2. The molecule has 2 aromatic rings. The Morgan fingerprint density at radius 3 is 3.17 bits per heavy atom. The summed E-state index contributed by atoms with van der Waals surface area (Å²) in [5.41, 5.74) is 3.86. The zero-order valence-corrected chi connectivity index (χ0v) is 10.2. The number of hydrogen-bond acceptors (Lipinski definition) is 3. The van der Waals surface area contributed by atoms with Gasteiger partial charge in [-0.2, -0.15) is 5.10 Å². The lowest BCUT2D eigenvalue weighted by molar-refractivity contribution is 0.269. The van der Waals surface area contributed by atoms with Gasteiger partial charge in [-0.15, -0.1) is 0 Å². The maximum atomic E-state index is 8.86. The van der Waals surface area contributed by atoms with Crippen molar-refractivity contribution >= 4 is 5.69 Å². The van der Waals surface area contributed by atoms with Gasteiger partial charge in [0.2, 0.25) is 0 Å². The number of aliphatic hydroxyl groups excluding tert-OH is 1. The second-order valence-electron chi connectivity index (χ2n) is 4.65. The van der Waals surface area contributed by atoms with Crippen molar-refractivity contribution in [3.8, 4) is 0 Å². The van der Waals surface area contributed by atoms with Gasteiger partial charge >= 0.3 is 0 Å². The van der Waals surface area contributed by atoms with Crippen molar-refractivity contribution in [2.45, 2.75) is 25.4 Å². The summed E-state index contributed by atoms with van der Waals surface area (Å²) in [6.45, 7) is 0.663. The number of hydrogen-bond donors (Lipinski definition) is 2. The lowest BCUT2D eigenvalue weighted by atomic mass is 10.1. The highest BCUT2D eigenvalue weighted by Gasteiger charge is 2.21. The standard InChI is InChI=1S/C14H17N3O/c18-8-7-17-10-12(9-15-17)16-14-6-5-11-3-1-2-4-13(11)14/h1-4,9-10,14,16,18H,5-8H2. The highest BCUT2D eigenvalue weighted by Crippen LogP contribution is 2.33. The second kappa shape index (κ2) is 4.82. The van der Waals surface area contributed by atoms with Crippen LogP contribution in [0.25, 0.3) is 0 Å². The fourth-order valence-electron chi connectivity index (χ4n) is 2.57. The second-order valence-corrected chi connectivity index (χ2v) is 4.65. The van der Waals surface area contributed by atoms with Gasteiger partial charge in [-0.1, -0.05) is 24.3 Å². The van der Waals surface area contributed by atoms with Crippen LogP contribution in [0.4, 0.5) is 5.69 Å². The molecular formula is C14H17N3O. The molecule has 1 heterocycles. The molecule has 0 bridgehead atoms. The lowest BCUT2D eigenvalue weighted by Gasteiger charge is -2.13. The molecule has 0 amide bonds. The molecule has 0 saturated carbocycles. The van der Waals surface area contributed by atoms with E-state index in [4.69, 9.17) is 5.11 Å². The highest BCUT2D eigenvalue weighted by atomic mass is 16.3. The van der Waals surface area contributed by atoms with Crippen molar-refractivity contribution in [3.63, 3.8) is 0 Å². The van der Waals surface area contributed by atoms with Crippen molar-refractivity contribution < 1.29 is 5.11 Å². The average molecular weight is 243 g/mol. The SMILES string of the molecule is OCCn1cc(NC2CCc3ccccc32)cn1. The first-order valence-electron chi connectivity index (χ1n) is 6.34. The largest absolute Gasteiger partial charge is 0.394 e. The van der Waals surface area contributed by atoms with Gasteiger partial charge in [0.05, 0.1) is 31.1 Å². The van der Waals surface area contributed by atoms with E-state index in [1.807, 2.05) is 12.4 Å². The molecule has 94 valence electrons. The molecule has 0 fully saturated rings. The number of fused-ring (bicyclic) bond motifs is 1. The van der Waals surface area contributed by atoms with Crippen LogP contribution < -0.4 is 5.32 Å². The normalized spacial score (nSPS) is 17.7. The van der Waals surface area contributed by atoms with Crippen LogP contribution in [0.5, 0.6) is 0 Å². The molecular weight excluding hydrogens is 226 g/mol. The predicted octanol–water partition coefficient (Wildman–Crippen LogP) is 1.97. The number of benzene rings is 1. The number of anilines is 1. The van der Waals surface area contributed by atoms with Gasteiger partial charge in [0.1, 0.15) is 0 Å². The minimum absolute atomic E-state index is 0.118. The van der Waals surface area contributed by atoms with Crippen LogP contribution >= 0.6 is 0 Å². The van der Waals surface area contributed by atoms with E-state index in [0.29, 0.717) is 12.6 Å². The molecule has 3 rings (SSSR count). The van der Waals surface area contributed by atoms with Crippen LogP contribution in [-0.4, -0.2) is 21.5 Å². The van der Waals surface area contributed by atoms with Gasteiger partial charge in [-0.25, -0.2) is 0 Å². The molecule has 4 heteroatoms. The highest BCUT2D eigenvalue weighted by molar-refractivity contribution is 5.45. The Hall–Kier alpha value is -1.81. The summed E-state index contributed by atoms with van der Waals surface area (Å²) in [6.07, 6.45) is 6.02. The molecule has 2 N–H and O–H groups in total. The molecule has 4 nitrogen and oxygen atoms in total. The molecule has 1 aromatic heterocycles. The Bertz CT molecular complexity index is 535. The van der Waals surface area contributed by atoms with E-state index in [0.717, 1.165) is 18.5 Å². The third-order valence-corrected chi connectivity index (χ3v) is 3.44. The van der Waals surface area contributed by atoms with E-state index >= 15 is 0 Å². The monoisotopic (exact) mass is 243 g/mol. The van der Waals surface area contributed by atoms with Crippen LogP contribution in [0.3, 0.4) is 0 Å². The van der Waals surface area contributed by atoms with Crippen LogP contribution in [0, 0.1) is 0 Å². The number of aromatic nitrogens is 2.